The van der Waals surface area contributed by atoms with Gasteiger partial charge in [-0.25, -0.2) is 4.79 Å². The Hall–Kier alpha value is -1.24. The Labute approximate surface area is 209 Å². The number of benzene rings is 1. The van der Waals surface area contributed by atoms with E-state index in [9.17, 15) is 19.1 Å². The highest BCUT2D eigenvalue weighted by Gasteiger charge is 2.61. The molecule has 0 bridgehead atoms. The number of nitrogens with two attached hydrogens (primary N) is 1. The molecule has 0 saturated heterocycles. The van der Waals surface area contributed by atoms with Crippen LogP contribution in [0.2, 0.25) is 0 Å². The Morgan fingerprint density at radius 3 is 2.34 bits per heavy atom. The van der Waals surface area contributed by atoms with Crippen LogP contribution in [0, 0.1) is 43.4 Å². The first kappa shape index (κ1) is 26.8. The normalized spacial score (nSPS) is 32.4. The van der Waals surface area contributed by atoms with E-state index in [0.717, 1.165) is 23.1 Å². The van der Waals surface area contributed by atoms with Crippen molar-refractivity contribution in [1.29, 1.82) is 0 Å². The summed E-state index contributed by atoms with van der Waals surface area (Å²) >= 11 is 0. The molecule has 3 unspecified atom stereocenters. The minimum atomic E-state index is -5.22. The van der Waals surface area contributed by atoms with Gasteiger partial charge in [0, 0.05) is 0 Å². The van der Waals surface area contributed by atoms with Crippen molar-refractivity contribution in [2.45, 2.75) is 98.4 Å². The maximum absolute atomic E-state index is 12.6. The number of esters is 1. The summed E-state index contributed by atoms with van der Waals surface area (Å²) in [7, 11) is -5.22. The van der Waals surface area contributed by atoms with Crippen LogP contribution in [0.3, 0.4) is 0 Å². The molecular weight excluding hydrogens is 465 g/mol. The molecule has 0 amide bonds. The fourth-order valence-corrected chi connectivity index (χ4v) is 8.74. The number of fused-ring (bicyclic) bond motifs is 5. The fraction of sp³-hybridized carbons (Fsp3) is 0.741. The van der Waals surface area contributed by atoms with Crippen molar-refractivity contribution >= 4 is 13.8 Å². The van der Waals surface area contributed by atoms with Crippen molar-refractivity contribution in [3.63, 3.8) is 0 Å². The number of carbonyl (C=O) groups is 1. The van der Waals surface area contributed by atoms with E-state index in [4.69, 9.17) is 10.5 Å². The number of rotatable bonds is 5. The van der Waals surface area contributed by atoms with Crippen LogP contribution in [0.1, 0.15) is 87.6 Å². The molecule has 0 aromatic heterocycles. The van der Waals surface area contributed by atoms with E-state index in [0.29, 0.717) is 23.0 Å². The summed E-state index contributed by atoms with van der Waals surface area (Å²) in [4.78, 5) is 34.2. The molecule has 4 rings (SSSR count). The Kier molecular flexibility index (Phi) is 6.64. The average Bonchev–Trinajstić information content (AvgIpc) is 3.07. The molecule has 3 aliphatic carbocycles. The summed E-state index contributed by atoms with van der Waals surface area (Å²) in [6, 6.07) is -1.37. The third-order valence-corrected chi connectivity index (χ3v) is 10.5. The highest BCUT2D eigenvalue weighted by molar-refractivity contribution is 7.43. The lowest BCUT2D eigenvalue weighted by Crippen LogP contribution is -2.55. The lowest BCUT2D eigenvalue weighted by molar-refractivity contribution is -0.341. The highest BCUT2D eigenvalue weighted by atomic mass is 31.2. The van der Waals surface area contributed by atoms with Crippen LogP contribution >= 0.6 is 7.82 Å². The van der Waals surface area contributed by atoms with E-state index in [1.807, 2.05) is 13.8 Å². The van der Waals surface area contributed by atoms with Gasteiger partial charge in [0.05, 0.1) is 14.4 Å². The van der Waals surface area contributed by atoms with E-state index in [2.05, 4.69) is 39.1 Å². The molecule has 196 valence electrons. The molecule has 5 atom stereocenters. The second-order valence-corrected chi connectivity index (χ2v) is 13.6. The molecule has 1 aromatic carbocycles. The lowest BCUT2D eigenvalue weighted by atomic mass is 9.43. The third kappa shape index (κ3) is 4.31. The minimum absolute atomic E-state index is 0.0871. The molecule has 0 aliphatic heterocycles. The first-order valence-corrected chi connectivity index (χ1v) is 14.3. The van der Waals surface area contributed by atoms with E-state index in [-0.39, 0.29) is 10.8 Å². The second-order valence-electron chi connectivity index (χ2n) is 12.4. The Morgan fingerprint density at radius 2 is 1.71 bits per heavy atom. The molecule has 0 heterocycles. The molecular formula is C27H40NO6P-2. The predicted molar refractivity (Wildman–Crippen MR) is 131 cm³/mol. The molecule has 0 spiro atoms. The first-order chi connectivity index (χ1) is 16.0. The first-order valence-electron chi connectivity index (χ1n) is 12.8. The van der Waals surface area contributed by atoms with Gasteiger partial charge in [0.2, 0.25) is 0 Å². The maximum atomic E-state index is 12.6. The fourth-order valence-electron chi connectivity index (χ4n) is 8.40. The molecule has 7 nitrogen and oxygen atoms in total. The Bertz CT molecular complexity index is 1090. The van der Waals surface area contributed by atoms with Crippen molar-refractivity contribution in [2.75, 3.05) is 6.61 Å². The third-order valence-electron chi connectivity index (χ3n) is 10.1. The van der Waals surface area contributed by atoms with E-state index < -0.39 is 26.4 Å². The summed E-state index contributed by atoms with van der Waals surface area (Å²) in [5, 5.41) is 0. The van der Waals surface area contributed by atoms with Crippen LogP contribution in [0.5, 0.6) is 5.75 Å². The zero-order chi connectivity index (χ0) is 26.1. The van der Waals surface area contributed by atoms with Gasteiger partial charge in [-0.3, -0.25) is 0 Å². The van der Waals surface area contributed by atoms with Gasteiger partial charge in [0.25, 0.3) is 0 Å². The van der Waals surface area contributed by atoms with Crippen LogP contribution < -0.4 is 20.3 Å². The van der Waals surface area contributed by atoms with Gasteiger partial charge in [-0.1, -0.05) is 34.1 Å². The summed E-state index contributed by atoms with van der Waals surface area (Å²) in [6.45, 7) is 15.2. The van der Waals surface area contributed by atoms with Crippen LogP contribution in [0.15, 0.2) is 0 Å². The van der Waals surface area contributed by atoms with Crippen LogP contribution in [0.4, 0.5) is 0 Å². The van der Waals surface area contributed by atoms with Gasteiger partial charge >= 0.3 is 5.97 Å². The van der Waals surface area contributed by atoms with Gasteiger partial charge in [-0.05, 0) is 109 Å². The smallest absolute Gasteiger partial charge is 0.330 e. The zero-order valence-corrected chi connectivity index (χ0v) is 23.1. The lowest BCUT2D eigenvalue weighted by Gasteiger charge is -2.61. The molecule has 2 fully saturated rings. The molecule has 0 radical (unpaired) electrons. The molecule has 3 aliphatic rings. The van der Waals surface area contributed by atoms with E-state index in [1.165, 1.54) is 43.2 Å². The largest absolute Gasteiger partial charge is 0.790 e. The van der Waals surface area contributed by atoms with Gasteiger partial charge in [-0.2, -0.15) is 0 Å². The number of hydrogen-bond donors (Lipinski definition) is 1. The standard InChI is InChI=1S/C27H42NO6P/c1-15-16(2)23(34-24(29)19(28)14-33-35(30,31)32)17(3)18-13-21-26(6)11-8-10-25(4,5)20(26)9-12-27(21,7)22(15)18/h19-21H,8-14,28H2,1-7H3,(H2,30,31,32)/p-2/t19?,20?,21-,26+,27?/m1/s1. The quantitative estimate of drug-likeness (QED) is 0.367. The van der Waals surface area contributed by atoms with Crippen LogP contribution in [0.25, 0.3) is 0 Å². The van der Waals surface area contributed by atoms with Crippen molar-refractivity contribution in [2.24, 2.45) is 28.4 Å². The molecule has 35 heavy (non-hydrogen) atoms. The predicted octanol–water partition coefficient (Wildman–Crippen LogP) is 3.75. The number of hydrogen-bond acceptors (Lipinski definition) is 7. The molecule has 8 heteroatoms. The monoisotopic (exact) mass is 505 g/mol. The summed E-state index contributed by atoms with van der Waals surface area (Å²) in [6.07, 6.45) is 7.19. The van der Waals surface area contributed by atoms with Gasteiger partial charge in [0.15, 0.2) is 0 Å². The zero-order valence-electron chi connectivity index (χ0n) is 22.2. The summed E-state index contributed by atoms with van der Waals surface area (Å²) < 4.78 is 20.7. The average molecular weight is 506 g/mol. The number of phosphoric ester groups is 1. The van der Waals surface area contributed by atoms with Crippen molar-refractivity contribution in [1.82, 2.24) is 0 Å². The molecule has 2 saturated carbocycles. The number of carbonyl (C=O) groups excluding carboxylic acids is 1. The van der Waals surface area contributed by atoms with Crippen LogP contribution in [-0.2, 0) is 25.7 Å². The SMILES string of the molecule is Cc1c(C)c2c(c(C)c1OC(=O)C(N)COP(=O)([O-])[O-])C[C@H]1C2(C)CCC2C(C)(C)CCC[C@@]21C. The van der Waals surface area contributed by atoms with Crippen LogP contribution in [-0.4, -0.2) is 18.6 Å². The molecule has 2 N–H and O–H groups in total. The number of phosphoric acid groups is 1. The minimum Gasteiger partial charge on any atom is -0.790 e. The summed E-state index contributed by atoms with van der Waals surface area (Å²) in [5.74, 6) is 0.907. The van der Waals surface area contributed by atoms with Crippen molar-refractivity contribution in [3.05, 3.63) is 27.8 Å². The van der Waals surface area contributed by atoms with Crippen molar-refractivity contribution < 1.29 is 28.4 Å². The molecule has 1 aromatic rings. The van der Waals surface area contributed by atoms with Gasteiger partial charge in [0.1, 0.15) is 11.8 Å². The Morgan fingerprint density at radius 1 is 1.06 bits per heavy atom. The van der Waals surface area contributed by atoms with E-state index >= 15 is 0 Å². The topological polar surface area (TPSA) is 125 Å². The highest BCUT2D eigenvalue weighted by Crippen LogP contribution is 2.68. The van der Waals surface area contributed by atoms with Crippen molar-refractivity contribution in [3.8, 4) is 5.75 Å². The summed E-state index contributed by atoms with van der Waals surface area (Å²) in [5.41, 5.74) is 12.2. The Balaban J connectivity index is 1.69. The van der Waals surface area contributed by atoms with E-state index in [1.54, 1.807) is 0 Å². The maximum Gasteiger partial charge on any atom is 0.330 e. The van der Waals surface area contributed by atoms with Gasteiger partial charge < -0.3 is 29.3 Å². The van der Waals surface area contributed by atoms with Gasteiger partial charge in [-0.15, -0.1) is 0 Å². The number of ether oxygens (including phenoxy) is 1. The second kappa shape index (κ2) is 8.66.